The molecule has 0 atom stereocenters. The van der Waals surface area contributed by atoms with Gasteiger partial charge in [0.05, 0.1) is 20.7 Å². The Balaban J connectivity index is 2.24. The maximum Gasteiger partial charge on any atom is 0.305 e. The van der Waals surface area contributed by atoms with Gasteiger partial charge in [-0.1, -0.05) is 23.2 Å². The maximum atomic E-state index is 10.5. The highest BCUT2D eigenvalue weighted by atomic mass is 35.5. The highest BCUT2D eigenvalue weighted by molar-refractivity contribution is 6.39. The molecule has 1 aromatic carbocycles. The van der Waals surface area contributed by atoms with Crippen LogP contribution in [0.1, 0.15) is 0 Å². The lowest BCUT2D eigenvalue weighted by Gasteiger charge is -2.07. The summed E-state index contributed by atoms with van der Waals surface area (Å²) in [5, 5.41) is 13.8. The van der Waals surface area contributed by atoms with E-state index in [9.17, 15) is 10.1 Å². The number of nitrogen functional groups attached to an aromatic ring is 1. The van der Waals surface area contributed by atoms with Gasteiger partial charge in [0.25, 0.3) is 0 Å². The molecule has 9 heteroatoms. The van der Waals surface area contributed by atoms with Crippen molar-refractivity contribution in [1.29, 1.82) is 0 Å². The second-order valence-electron chi connectivity index (χ2n) is 3.50. The fourth-order valence-electron chi connectivity index (χ4n) is 1.27. The van der Waals surface area contributed by atoms with Crippen LogP contribution in [0.25, 0.3) is 0 Å². The summed E-state index contributed by atoms with van der Waals surface area (Å²) in [6.07, 6.45) is 2.19. The number of benzene rings is 1. The molecule has 1 heterocycles. The standard InChI is InChI=1S/C10H7Cl2N5O2/c11-7-1-5(2-8(12)9(7)13)16-10-14-3-6(4-15-10)17(18)19/h1-4H,13H2,(H,14,15,16). The minimum Gasteiger partial charge on any atom is -0.396 e. The largest absolute Gasteiger partial charge is 0.396 e. The van der Waals surface area contributed by atoms with E-state index in [-0.39, 0.29) is 27.4 Å². The Bertz CT molecular complexity index is 609. The van der Waals surface area contributed by atoms with Crippen LogP contribution in [0.4, 0.5) is 23.0 Å². The Morgan fingerprint density at radius 2 is 1.74 bits per heavy atom. The molecule has 0 aliphatic heterocycles. The Morgan fingerprint density at radius 3 is 2.21 bits per heavy atom. The third-order valence-electron chi connectivity index (χ3n) is 2.18. The minimum absolute atomic E-state index is 0.183. The molecule has 0 amide bonds. The molecule has 0 saturated carbocycles. The van der Waals surface area contributed by atoms with Crippen LogP contribution in [0, 0.1) is 10.1 Å². The van der Waals surface area contributed by atoms with E-state index in [0.29, 0.717) is 5.69 Å². The van der Waals surface area contributed by atoms with Gasteiger partial charge in [-0.15, -0.1) is 0 Å². The van der Waals surface area contributed by atoms with Crippen LogP contribution in [0.5, 0.6) is 0 Å². The Hall–Kier alpha value is -2.12. The van der Waals surface area contributed by atoms with E-state index >= 15 is 0 Å². The van der Waals surface area contributed by atoms with Crippen LogP contribution < -0.4 is 11.1 Å². The molecule has 7 nitrogen and oxygen atoms in total. The molecule has 0 saturated heterocycles. The first-order valence-corrected chi connectivity index (χ1v) is 5.71. The van der Waals surface area contributed by atoms with E-state index in [2.05, 4.69) is 15.3 Å². The molecular formula is C10H7Cl2N5O2. The number of nitro groups is 1. The van der Waals surface area contributed by atoms with E-state index in [0.717, 1.165) is 12.4 Å². The number of nitrogens with one attached hydrogen (secondary N) is 1. The second kappa shape index (κ2) is 5.25. The van der Waals surface area contributed by atoms with Crippen molar-refractivity contribution >= 4 is 46.2 Å². The number of nitrogens with zero attached hydrogens (tertiary/aromatic N) is 3. The van der Waals surface area contributed by atoms with Gasteiger partial charge in [0, 0.05) is 5.69 Å². The molecule has 1 aromatic heterocycles. The fraction of sp³-hybridized carbons (Fsp3) is 0. The number of hydrogen-bond donors (Lipinski definition) is 2. The lowest BCUT2D eigenvalue weighted by molar-refractivity contribution is -0.385. The highest BCUT2D eigenvalue weighted by Gasteiger charge is 2.08. The molecule has 0 fully saturated rings. The van der Waals surface area contributed by atoms with E-state index in [1.54, 1.807) is 12.1 Å². The summed E-state index contributed by atoms with van der Waals surface area (Å²) in [4.78, 5) is 17.5. The van der Waals surface area contributed by atoms with Gasteiger partial charge in [0.15, 0.2) is 0 Å². The van der Waals surface area contributed by atoms with Gasteiger partial charge in [0.1, 0.15) is 12.4 Å². The highest BCUT2D eigenvalue weighted by Crippen LogP contribution is 2.31. The van der Waals surface area contributed by atoms with Gasteiger partial charge >= 0.3 is 5.69 Å². The second-order valence-corrected chi connectivity index (χ2v) is 4.31. The zero-order valence-electron chi connectivity index (χ0n) is 9.30. The summed E-state index contributed by atoms with van der Waals surface area (Å²) in [5.41, 5.74) is 6.21. The van der Waals surface area contributed by atoms with Crippen LogP contribution in [-0.2, 0) is 0 Å². The van der Waals surface area contributed by atoms with Crippen LogP contribution >= 0.6 is 23.2 Å². The monoisotopic (exact) mass is 299 g/mol. The molecule has 0 aliphatic rings. The summed E-state index contributed by atoms with van der Waals surface area (Å²) in [6.45, 7) is 0. The fourth-order valence-corrected chi connectivity index (χ4v) is 1.75. The molecule has 19 heavy (non-hydrogen) atoms. The molecule has 0 aliphatic carbocycles. The topological polar surface area (TPSA) is 107 Å². The van der Waals surface area contributed by atoms with Gasteiger partial charge < -0.3 is 11.1 Å². The van der Waals surface area contributed by atoms with E-state index in [1.807, 2.05) is 0 Å². The van der Waals surface area contributed by atoms with Crippen LogP contribution in [0.2, 0.25) is 10.0 Å². The molecule has 2 aromatic rings. The summed E-state index contributed by atoms with van der Waals surface area (Å²) in [5.74, 6) is 0.183. The van der Waals surface area contributed by atoms with Crippen molar-refractivity contribution in [2.75, 3.05) is 11.1 Å². The number of nitrogens with two attached hydrogens (primary N) is 1. The normalized spacial score (nSPS) is 10.2. The zero-order chi connectivity index (χ0) is 14.0. The maximum absolute atomic E-state index is 10.5. The van der Waals surface area contributed by atoms with Gasteiger partial charge in [-0.05, 0) is 12.1 Å². The molecule has 3 N–H and O–H groups in total. The lowest BCUT2D eigenvalue weighted by atomic mass is 10.3. The van der Waals surface area contributed by atoms with Crippen molar-refractivity contribution in [2.45, 2.75) is 0 Å². The van der Waals surface area contributed by atoms with E-state index in [4.69, 9.17) is 28.9 Å². The average Bonchev–Trinajstić information content (AvgIpc) is 2.36. The third-order valence-corrected chi connectivity index (χ3v) is 2.81. The van der Waals surface area contributed by atoms with Crippen molar-refractivity contribution in [3.8, 4) is 0 Å². The average molecular weight is 300 g/mol. The van der Waals surface area contributed by atoms with Crippen molar-refractivity contribution in [1.82, 2.24) is 9.97 Å². The van der Waals surface area contributed by atoms with Crippen LogP contribution in [0.3, 0.4) is 0 Å². The van der Waals surface area contributed by atoms with Crippen LogP contribution in [0.15, 0.2) is 24.5 Å². The van der Waals surface area contributed by atoms with Gasteiger partial charge in [-0.25, -0.2) is 9.97 Å². The number of hydrogen-bond acceptors (Lipinski definition) is 6. The first-order valence-electron chi connectivity index (χ1n) is 4.95. The first-order chi connectivity index (χ1) is 8.97. The molecule has 0 bridgehead atoms. The molecule has 98 valence electrons. The van der Waals surface area contributed by atoms with Crippen molar-refractivity contribution in [3.05, 3.63) is 44.7 Å². The first kappa shape index (κ1) is 13.3. The Kier molecular flexibility index (Phi) is 3.68. The molecule has 0 spiro atoms. The number of halogens is 2. The summed E-state index contributed by atoms with van der Waals surface area (Å²) in [6, 6.07) is 3.10. The van der Waals surface area contributed by atoms with Crippen LogP contribution in [-0.4, -0.2) is 14.9 Å². The summed E-state index contributed by atoms with van der Waals surface area (Å²) in [7, 11) is 0. The predicted molar refractivity (Wildman–Crippen MR) is 72.8 cm³/mol. The Morgan fingerprint density at radius 1 is 1.21 bits per heavy atom. The number of aromatic nitrogens is 2. The molecule has 2 rings (SSSR count). The summed E-state index contributed by atoms with van der Waals surface area (Å²) >= 11 is 11.7. The zero-order valence-corrected chi connectivity index (χ0v) is 10.8. The SMILES string of the molecule is Nc1c(Cl)cc(Nc2ncc([N+](=O)[O-])cn2)cc1Cl. The van der Waals surface area contributed by atoms with Gasteiger partial charge in [0.2, 0.25) is 5.95 Å². The Labute approximate surface area is 117 Å². The van der Waals surface area contributed by atoms with Crippen molar-refractivity contribution < 1.29 is 4.92 Å². The molecule has 0 radical (unpaired) electrons. The smallest absolute Gasteiger partial charge is 0.305 e. The number of anilines is 3. The van der Waals surface area contributed by atoms with E-state index in [1.165, 1.54) is 0 Å². The van der Waals surface area contributed by atoms with E-state index < -0.39 is 4.92 Å². The number of rotatable bonds is 3. The summed E-state index contributed by atoms with van der Waals surface area (Å²) < 4.78 is 0. The minimum atomic E-state index is -0.583. The molecule has 0 unspecified atom stereocenters. The third kappa shape index (κ3) is 3.01. The van der Waals surface area contributed by atoms with Crippen molar-refractivity contribution in [2.24, 2.45) is 0 Å². The quantitative estimate of drug-likeness (QED) is 0.512. The van der Waals surface area contributed by atoms with Gasteiger partial charge in [-0.3, -0.25) is 10.1 Å². The van der Waals surface area contributed by atoms with Crippen molar-refractivity contribution in [3.63, 3.8) is 0 Å². The predicted octanol–water partition coefficient (Wildman–Crippen LogP) is 3.02. The lowest BCUT2D eigenvalue weighted by Crippen LogP contribution is -1.99. The molecular weight excluding hydrogens is 293 g/mol. The van der Waals surface area contributed by atoms with Gasteiger partial charge in [-0.2, -0.15) is 0 Å².